The van der Waals surface area contributed by atoms with Crippen LogP contribution in [0.4, 0.5) is 5.82 Å². The minimum Gasteiger partial charge on any atom is -0.381 e. The maximum Gasteiger partial charge on any atom is 0.243 e. The fourth-order valence-corrected chi connectivity index (χ4v) is 7.83. The van der Waals surface area contributed by atoms with Gasteiger partial charge in [-0.3, -0.25) is 4.90 Å². The standard InChI is InChI=1S/C23H29N7O3S/c1-15-2-5-19(12-20(15)21-13-25-23-22(24)26-14-27-29(21)23)34(31,32)30-16-3-4-17(30)11-18(10-16)28-6-8-33-9-7-28/h2,5,12-14,16-18H,3-4,6-11H2,1H3,(H2,24,26,27). The highest BCUT2D eigenvalue weighted by molar-refractivity contribution is 7.89. The molecule has 0 spiro atoms. The number of fused-ring (bicyclic) bond motifs is 3. The summed E-state index contributed by atoms with van der Waals surface area (Å²) in [5.74, 6) is 0.280. The van der Waals surface area contributed by atoms with Crippen LogP contribution in [0.5, 0.6) is 0 Å². The Labute approximate surface area is 198 Å². The van der Waals surface area contributed by atoms with Crippen molar-refractivity contribution in [3.05, 3.63) is 36.3 Å². The van der Waals surface area contributed by atoms with E-state index in [-0.39, 0.29) is 17.9 Å². The van der Waals surface area contributed by atoms with Gasteiger partial charge in [0.05, 0.1) is 30.0 Å². The van der Waals surface area contributed by atoms with Crippen molar-refractivity contribution >= 4 is 21.5 Å². The molecule has 0 radical (unpaired) electrons. The number of hydrogen-bond donors (Lipinski definition) is 1. The van der Waals surface area contributed by atoms with E-state index < -0.39 is 10.0 Å². The molecule has 34 heavy (non-hydrogen) atoms. The average Bonchev–Trinajstić information content (AvgIpc) is 3.39. The highest BCUT2D eigenvalue weighted by Crippen LogP contribution is 2.42. The third-order valence-electron chi connectivity index (χ3n) is 7.59. The number of aromatic nitrogens is 4. The van der Waals surface area contributed by atoms with Gasteiger partial charge in [0, 0.05) is 36.8 Å². The molecule has 0 amide bonds. The number of morpholine rings is 1. The Balaban J connectivity index is 1.33. The van der Waals surface area contributed by atoms with Crippen molar-refractivity contribution in [2.75, 3.05) is 32.0 Å². The number of nitrogen functional groups attached to an aromatic ring is 1. The molecule has 2 unspecified atom stereocenters. The van der Waals surface area contributed by atoms with E-state index in [1.807, 2.05) is 13.0 Å². The molecule has 2 N–H and O–H groups in total. The van der Waals surface area contributed by atoms with Crippen molar-refractivity contribution in [2.24, 2.45) is 0 Å². The van der Waals surface area contributed by atoms with Crippen LogP contribution in [0.3, 0.4) is 0 Å². The first-order valence-corrected chi connectivity index (χ1v) is 13.3. The molecule has 3 aliphatic heterocycles. The molecule has 6 rings (SSSR count). The Kier molecular flexibility index (Phi) is 5.32. The van der Waals surface area contributed by atoms with Crippen LogP contribution in [0.15, 0.2) is 35.6 Å². The molecule has 2 bridgehead atoms. The maximum absolute atomic E-state index is 13.9. The lowest BCUT2D eigenvalue weighted by Gasteiger charge is -2.43. The van der Waals surface area contributed by atoms with Crippen LogP contribution in [0.25, 0.3) is 16.9 Å². The number of sulfonamides is 1. The first-order chi connectivity index (χ1) is 16.4. The van der Waals surface area contributed by atoms with Gasteiger partial charge in [-0.1, -0.05) is 6.07 Å². The van der Waals surface area contributed by atoms with Crippen LogP contribution >= 0.6 is 0 Å². The first kappa shape index (κ1) is 21.9. The summed E-state index contributed by atoms with van der Waals surface area (Å²) in [5.41, 5.74) is 8.78. The number of aryl methyl sites for hydroxylation is 1. The van der Waals surface area contributed by atoms with Gasteiger partial charge in [-0.25, -0.2) is 22.9 Å². The summed E-state index contributed by atoms with van der Waals surface area (Å²) in [7, 11) is -3.64. The van der Waals surface area contributed by atoms with Crippen molar-refractivity contribution < 1.29 is 13.2 Å². The average molecular weight is 484 g/mol. The molecule has 1 aromatic carbocycles. The lowest BCUT2D eigenvalue weighted by molar-refractivity contribution is -0.00175. The van der Waals surface area contributed by atoms with Crippen LogP contribution in [0.2, 0.25) is 0 Å². The molecule has 3 aliphatic rings. The van der Waals surface area contributed by atoms with E-state index in [0.717, 1.165) is 63.1 Å². The van der Waals surface area contributed by atoms with Crippen molar-refractivity contribution in [1.82, 2.24) is 28.8 Å². The molecule has 3 aromatic rings. The Morgan fingerprint density at radius 3 is 2.53 bits per heavy atom. The summed E-state index contributed by atoms with van der Waals surface area (Å²) in [6.45, 7) is 5.35. The predicted molar refractivity (Wildman–Crippen MR) is 127 cm³/mol. The van der Waals surface area contributed by atoms with Gasteiger partial charge in [0.25, 0.3) is 0 Å². The zero-order valence-corrected chi connectivity index (χ0v) is 20.0. The lowest BCUT2D eigenvalue weighted by Crippen LogP contribution is -2.54. The van der Waals surface area contributed by atoms with Crippen LogP contribution in [0.1, 0.15) is 31.2 Å². The molecule has 180 valence electrons. The largest absolute Gasteiger partial charge is 0.381 e. The van der Waals surface area contributed by atoms with Gasteiger partial charge in [-0.15, -0.1) is 0 Å². The van der Waals surface area contributed by atoms with E-state index in [1.54, 1.807) is 27.2 Å². The van der Waals surface area contributed by atoms with Crippen LogP contribution in [-0.4, -0.2) is 81.6 Å². The summed E-state index contributed by atoms with van der Waals surface area (Å²) in [5, 5.41) is 4.28. The van der Waals surface area contributed by atoms with Crippen molar-refractivity contribution in [1.29, 1.82) is 0 Å². The Bertz CT molecular complexity index is 1320. The summed E-state index contributed by atoms with van der Waals surface area (Å²) < 4.78 is 36.7. The number of ether oxygens (including phenoxy) is 1. The highest BCUT2D eigenvalue weighted by Gasteiger charge is 2.48. The number of anilines is 1. The zero-order chi connectivity index (χ0) is 23.4. The molecule has 3 saturated heterocycles. The predicted octanol–water partition coefficient (Wildman–Crippen LogP) is 1.70. The molecular weight excluding hydrogens is 454 g/mol. The van der Waals surface area contributed by atoms with Gasteiger partial charge in [-0.05, 0) is 50.3 Å². The summed E-state index contributed by atoms with van der Waals surface area (Å²) in [4.78, 5) is 11.1. The molecule has 0 saturated carbocycles. The number of hydrogen-bond acceptors (Lipinski definition) is 8. The normalized spacial score (nSPS) is 26.3. The second kappa shape index (κ2) is 8.26. The van der Waals surface area contributed by atoms with Gasteiger partial charge in [-0.2, -0.15) is 9.40 Å². The van der Waals surface area contributed by atoms with E-state index in [0.29, 0.717) is 22.3 Å². The second-order valence-corrected chi connectivity index (χ2v) is 11.3. The summed E-state index contributed by atoms with van der Waals surface area (Å²) in [6, 6.07) is 5.85. The van der Waals surface area contributed by atoms with Crippen molar-refractivity contribution in [2.45, 2.75) is 55.6 Å². The number of nitrogens with zero attached hydrogens (tertiary/aromatic N) is 6. The Morgan fingerprint density at radius 1 is 1.06 bits per heavy atom. The molecule has 2 atom stereocenters. The summed E-state index contributed by atoms with van der Waals surface area (Å²) in [6.07, 6.45) is 6.66. The van der Waals surface area contributed by atoms with Gasteiger partial charge in [0.1, 0.15) is 6.33 Å². The number of imidazole rings is 1. The van der Waals surface area contributed by atoms with Gasteiger partial charge >= 0.3 is 0 Å². The van der Waals surface area contributed by atoms with Crippen LogP contribution in [0, 0.1) is 6.92 Å². The lowest BCUT2D eigenvalue weighted by atomic mass is 9.98. The fraction of sp³-hybridized carbons (Fsp3) is 0.522. The third kappa shape index (κ3) is 3.49. The summed E-state index contributed by atoms with van der Waals surface area (Å²) >= 11 is 0. The molecular formula is C23H29N7O3S. The molecule has 3 fully saturated rings. The highest BCUT2D eigenvalue weighted by atomic mass is 32.2. The number of piperidine rings is 1. The van der Waals surface area contributed by atoms with E-state index in [1.165, 1.54) is 6.33 Å². The van der Waals surface area contributed by atoms with Crippen molar-refractivity contribution in [3.63, 3.8) is 0 Å². The minimum atomic E-state index is -3.64. The van der Waals surface area contributed by atoms with Crippen molar-refractivity contribution in [3.8, 4) is 11.3 Å². The molecule has 10 nitrogen and oxygen atoms in total. The molecule has 5 heterocycles. The topological polar surface area (TPSA) is 119 Å². The van der Waals surface area contributed by atoms with E-state index in [9.17, 15) is 8.42 Å². The maximum atomic E-state index is 13.9. The van der Waals surface area contributed by atoms with E-state index in [2.05, 4.69) is 20.0 Å². The quantitative estimate of drug-likeness (QED) is 0.596. The minimum absolute atomic E-state index is 0.0460. The first-order valence-electron chi connectivity index (χ1n) is 11.8. The molecule has 0 aliphatic carbocycles. The Hall–Kier alpha value is -2.60. The second-order valence-electron chi connectivity index (χ2n) is 9.49. The molecule has 2 aromatic heterocycles. The Morgan fingerprint density at radius 2 is 1.79 bits per heavy atom. The van der Waals surface area contributed by atoms with E-state index >= 15 is 0 Å². The van der Waals surface area contributed by atoms with Crippen LogP contribution in [-0.2, 0) is 14.8 Å². The zero-order valence-electron chi connectivity index (χ0n) is 19.2. The number of benzene rings is 1. The van der Waals surface area contributed by atoms with E-state index in [4.69, 9.17) is 10.5 Å². The smallest absolute Gasteiger partial charge is 0.243 e. The monoisotopic (exact) mass is 483 g/mol. The number of nitrogens with two attached hydrogens (primary N) is 1. The van der Waals surface area contributed by atoms with Gasteiger partial charge in [0.15, 0.2) is 11.5 Å². The number of rotatable bonds is 4. The fourth-order valence-electron chi connectivity index (χ4n) is 5.92. The van der Waals surface area contributed by atoms with Gasteiger partial charge in [0.2, 0.25) is 10.0 Å². The molecule has 11 heteroatoms. The third-order valence-corrected chi connectivity index (χ3v) is 9.60. The van der Waals surface area contributed by atoms with Crippen LogP contribution < -0.4 is 5.73 Å². The van der Waals surface area contributed by atoms with Gasteiger partial charge < -0.3 is 10.5 Å². The SMILES string of the molecule is Cc1ccc(S(=O)(=O)N2C3CCC2CC(N2CCOCC2)C3)cc1-c1cnc2c(N)ncnn12.